The van der Waals surface area contributed by atoms with Crippen LogP contribution >= 0.6 is 11.3 Å². The van der Waals surface area contributed by atoms with Gasteiger partial charge in [0.2, 0.25) is 5.91 Å². The molecule has 1 N–H and O–H groups in total. The molecule has 132 valence electrons. The number of benzene rings is 1. The average Bonchev–Trinajstić information content (AvgIpc) is 3.08. The molecule has 0 aliphatic carbocycles. The molecule has 1 aromatic carbocycles. The fraction of sp³-hybridized carbons (Fsp3) is 0.368. The van der Waals surface area contributed by atoms with Crippen LogP contribution in [0.5, 0.6) is 0 Å². The number of amides is 1. The minimum atomic E-state index is -0.401. The zero-order valence-electron chi connectivity index (χ0n) is 14.7. The number of nitrogens with one attached hydrogen (secondary N) is 1. The van der Waals surface area contributed by atoms with Crippen molar-refractivity contribution in [2.75, 3.05) is 23.4 Å². The first kappa shape index (κ1) is 17.5. The average molecular weight is 358 g/mol. The highest BCUT2D eigenvalue weighted by Gasteiger charge is 2.27. The fourth-order valence-electron chi connectivity index (χ4n) is 3.16. The zero-order valence-corrected chi connectivity index (χ0v) is 15.5. The van der Waals surface area contributed by atoms with E-state index in [0.29, 0.717) is 17.2 Å². The van der Waals surface area contributed by atoms with Crippen LogP contribution in [-0.4, -0.2) is 31.1 Å². The quantitative estimate of drug-likeness (QED) is 0.830. The predicted molar refractivity (Wildman–Crippen MR) is 101 cm³/mol. The second-order valence-electron chi connectivity index (χ2n) is 6.18. The van der Waals surface area contributed by atoms with E-state index in [-0.39, 0.29) is 18.5 Å². The molecule has 0 saturated carbocycles. The Balaban J connectivity index is 1.73. The van der Waals surface area contributed by atoms with Gasteiger partial charge in [-0.05, 0) is 44.9 Å². The molecular formula is C19H22N2O3S. The van der Waals surface area contributed by atoms with Crippen molar-refractivity contribution < 1.29 is 14.3 Å². The number of aryl methyl sites for hydroxylation is 1. The SMILES string of the molecule is CCOC(=O)c1cc(C)sc1NC(=O)CN1c2ccccc2CC1C. The third-order valence-corrected chi connectivity index (χ3v) is 5.23. The lowest BCUT2D eigenvalue weighted by Gasteiger charge is -2.24. The molecule has 3 rings (SSSR count). The molecule has 1 unspecified atom stereocenters. The van der Waals surface area contributed by atoms with Gasteiger partial charge in [-0.25, -0.2) is 4.79 Å². The van der Waals surface area contributed by atoms with Crippen LogP contribution in [-0.2, 0) is 16.0 Å². The second-order valence-corrected chi connectivity index (χ2v) is 7.43. The van der Waals surface area contributed by atoms with Crippen molar-refractivity contribution in [2.45, 2.75) is 33.2 Å². The van der Waals surface area contributed by atoms with E-state index in [4.69, 9.17) is 4.74 Å². The largest absolute Gasteiger partial charge is 0.462 e. The molecular weight excluding hydrogens is 336 g/mol. The van der Waals surface area contributed by atoms with Crippen molar-refractivity contribution in [3.8, 4) is 0 Å². The van der Waals surface area contributed by atoms with Gasteiger partial charge in [-0.3, -0.25) is 4.79 Å². The summed E-state index contributed by atoms with van der Waals surface area (Å²) < 4.78 is 5.07. The van der Waals surface area contributed by atoms with Gasteiger partial charge in [0.25, 0.3) is 0 Å². The third kappa shape index (κ3) is 3.69. The Morgan fingerprint density at radius 1 is 1.36 bits per heavy atom. The Morgan fingerprint density at radius 2 is 2.12 bits per heavy atom. The van der Waals surface area contributed by atoms with Crippen molar-refractivity contribution in [2.24, 2.45) is 0 Å². The maximum absolute atomic E-state index is 12.6. The maximum atomic E-state index is 12.6. The zero-order chi connectivity index (χ0) is 18.0. The van der Waals surface area contributed by atoms with Gasteiger partial charge in [0.1, 0.15) is 5.00 Å². The highest BCUT2D eigenvalue weighted by Crippen LogP contribution is 2.32. The van der Waals surface area contributed by atoms with Crippen LogP contribution in [0.4, 0.5) is 10.7 Å². The molecule has 0 bridgehead atoms. The Kier molecular flexibility index (Phi) is 5.08. The molecule has 1 aliphatic rings. The van der Waals surface area contributed by atoms with E-state index < -0.39 is 5.97 Å². The molecule has 2 heterocycles. The van der Waals surface area contributed by atoms with E-state index in [1.807, 2.05) is 25.1 Å². The van der Waals surface area contributed by atoms with Crippen molar-refractivity contribution in [3.05, 3.63) is 46.3 Å². The van der Waals surface area contributed by atoms with Crippen LogP contribution in [0.1, 0.15) is 34.6 Å². The summed E-state index contributed by atoms with van der Waals surface area (Å²) in [6, 6.07) is 10.2. The lowest BCUT2D eigenvalue weighted by atomic mass is 10.1. The lowest BCUT2D eigenvalue weighted by Crippen LogP contribution is -2.37. The summed E-state index contributed by atoms with van der Waals surface area (Å²) in [5.41, 5.74) is 2.80. The number of esters is 1. The van der Waals surface area contributed by atoms with Crippen molar-refractivity contribution in [1.29, 1.82) is 0 Å². The molecule has 1 aromatic heterocycles. The maximum Gasteiger partial charge on any atom is 0.341 e. The molecule has 0 fully saturated rings. The number of para-hydroxylation sites is 1. The molecule has 5 nitrogen and oxygen atoms in total. The molecule has 0 spiro atoms. The third-order valence-electron chi connectivity index (χ3n) is 4.27. The molecule has 6 heteroatoms. The summed E-state index contributed by atoms with van der Waals surface area (Å²) in [6.07, 6.45) is 0.940. The highest BCUT2D eigenvalue weighted by molar-refractivity contribution is 7.16. The van der Waals surface area contributed by atoms with Crippen LogP contribution in [0.2, 0.25) is 0 Å². The second kappa shape index (κ2) is 7.27. The summed E-state index contributed by atoms with van der Waals surface area (Å²) >= 11 is 1.39. The Bertz CT molecular complexity index is 800. The van der Waals surface area contributed by atoms with Gasteiger partial charge in [0, 0.05) is 16.6 Å². The van der Waals surface area contributed by atoms with Crippen LogP contribution in [0.15, 0.2) is 30.3 Å². The van der Waals surface area contributed by atoms with Gasteiger partial charge in [-0.15, -0.1) is 11.3 Å². The first-order chi connectivity index (χ1) is 12.0. The van der Waals surface area contributed by atoms with Gasteiger partial charge in [0.15, 0.2) is 0 Å². The number of anilines is 2. The lowest BCUT2D eigenvalue weighted by molar-refractivity contribution is -0.115. The molecule has 0 saturated heterocycles. The number of carbonyl (C=O) groups is 2. The molecule has 1 aliphatic heterocycles. The smallest absolute Gasteiger partial charge is 0.341 e. The summed E-state index contributed by atoms with van der Waals surface area (Å²) in [5, 5.41) is 3.44. The number of hydrogen-bond donors (Lipinski definition) is 1. The number of rotatable bonds is 5. The van der Waals surface area contributed by atoms with Gasteiger partial charge >= 0.3 is 5.97 Å². The Hall–Kier alpha value is -2.34. The minimum absolute atomic E-state index is 0.129. The number of carbonyl (C=O) groups excluding carboxylic acids is 2. The molecule has 2 aromatic rings. The van der Waals surface area contributed by atoms with Gasteiger partial charge in [0.05, 0.1) is 18.7 Å². The van der Waals surface area contributed by atoms with Gasteiger partial charge in [-0.1, -0.05) is 18.2 Å². The number of thiophene rings is 1. The van der Waals surface area contributed by atoms with E-state index in [2.05, 4.69) is 23.2 Å². The minimum Gasteiger partial charge on any atom is -0.462 e. The first-order valence-corrected chi connectivity index (χ1v) is 9.23. The van der Waals surface area contributed by atoms with E-state index in [0.717, 1.165) is 17.0 Å². The van der Waals surface area contributed by atoms with Crippen molar-refractivity contribution >= 4 is 33.9 Å². The van der Waals surface area contributed by atoms with Gasteiger partial charge in [-0.2, -0.15) is 0 Å². The van der Waals surface area contributed by atoms with Crippen LogP contribution in [0.25, 0.3) is 0 Å². The normalized spacial score (nSPS) is 15.8. The number of hydrogen-bond acceptors (Lipinski definition) is 5. The summed E-state index contributed by atoms with van der Waals surface area (Å²) in [7, 11) is 0. The summed E-state index contributed by atoms with van der Waals surface area (Å²) in [4.78, 5) is 27.7. The van der Waals surface area contributed by atoms with E-state index in [1.54, 1.807) is 13.0 Å². The van der Waals surface area contributed by atoms with Crippen molar-refractivity contribution in [1.82, 2.24) is 0 Å². The highest BCUT2D eigenvalue weighted by atomic mass is 32.1. The molecule has 0 radical (unpaired) electrons. The summed E-state index contributed by atoms with van der Waals surface area (Å²) in [6.45, 7) is 6.36. The van der Waals surface area contributed by atoms with E-state index in [9.17, 15) is 9.59 Å². The monoisotopic (exact) mass is 358 g/mol. The Labute approximate surface area is 151 Å². The summed E-state index contributed by atoms with van der Waals surface area (Å²) in [5.74, 6) is -0.530. The predicted octanol–water partition coefficient (Wildman–Crippen LogP) is 3.62. The van der Waals surface area contributed by atoms with Gasteiger partial charge < -0.3 is 15.0 Å². The van der Waals surface area contributed by atoms with E-state index in [1.165, 1.54) is 16.9 Å². The molecule has 25 heavy (non-hydrogen) atoms. The molecule has 1 atom stereocenters. The van der Waals surface area contributed by atoms with E-state index >= 15 is 0 Å². The fourth-order valence-corrected chi connectivity index (χ4v) is 4.07. The topological polar surface area (TPSA) is 58.6 Å². The number of ether oxygens (including phenoxy) is 1. The molecule has 1 amide bonds. The van der Waals surface area contributed by atoms with Crippen molar-refractivity contribution in [3.63, 3.8) is 0 Å². The first-order valence-electron chi connectivity index (χ1n) is 8.41. The Morgan fingerprint density at radius 3 is 2.88 bits per heavy atom. The van der Waals surface area contributed by atoms with Crippen LogP contribution in [0, 0.1) is 6.92 Å². The standard InChI is InChI=1S/C19H22N2O3S/c1-4-24-19(23)15-10-13(3)25-18(15)20-17(22)11-21-12(2)9-14-7-5-6-8-16(14)21/h5-8,10,12H,4,9,11H2,1-3H3,(H,20,22). The van der Waals surface area contributed by atoms with Crippen LogP contribution < -0.4 is 10.2 Å². The number of nitrogens with zero attached hydrogens (tertiary/aromatic N) is 1. The van der Waals surface area contributed by atoms with Crippen LogP contribution in [0.3, 0.4) is 0 Å². The number of fused-ring (bicyclic) bond motifs is 1.